The Kier molecular flexibility index (Phi) is 4.43. The average molecular weight is 262 g/mol. The minimum Gasteiger partial charge on any atom is -0.508 e. The lowest BCUT2D eigenvalue weighted by molar-refractivity contribution is -0.121. The molecule has 3 N–H and O–H groups in total. The van der Waals surface area contributed by atoms with Crippen molar-refractivity contribution in [3.63, 3.8) is 0 Å². The molecule has 2 rings (SSSR count). The van der Waals surface area contributed by atoms with Gasteiger partial charge in [0, 0.05) is 30.6 Å². The van der Waals surface area contributed by atoms with Gasteiger partial charge in [0.1, 0.15) is 5.75 Å². The quantitative estimate of drug-likeness (QED) is 0.735. The van der Waals surface area contributed by atoms with Crippen LogP contribution >= 0.6 is 0 Å². The summed E-state index contributed by atoms with van der Waals surface area (Å²) in [6.45, 7) is 4.61. The molecule has 104 valence electrons. The molecule has 1 aromatic carbocycles. The fraction of sp³-hybridized carbons (Fsp3) is 0.533. The lowest BCUT2D eigenvalue weighted by Crippen LogP contribution is -2.30. The highest BCUT2D eigenvalue weighted by atomic mass is 16.3. The standard InChI is InChI=1S/C15H22N2O2/c1-10-3-6-14(18)13(9-10)11(2)16-8-7-15(19)17-12-4-5-12/h3,6,9,11-12,16,18H,4-5,7-8H2,1-2H3,(H,17,19). The zero-order chi connectivity index (χ0) is 13.8. The van der Waals surface area contributed by atoms with E-state index in [-0.39, 0.29) is 11.9 Å². The summed E-state index contributed by atoms with van der Waals surface area (Å²) in [6, 6.07) is 6.02. The number of nitrogens with one attached hydrogen (secondary N) is 2. The van der Waals surface area contributed by atoms with Crippen LogP contribution in [0.3, 0.4) is 0 Å². The van der Waals surface area contributed by atoms with Crippen LogP contribution in [-0.4, -0.2) is 23.6 Å². The number of aromatic hydroxyl groups is 1. The third-order valence-electron chi connectivity index (χ3n) is 3.39. The molecule has 0 saturated heterocycles. The van der Waals surface area contributed by atoms with E-state index in [2.05, 4.69) is 10.6 Å². The third-order valence-corrected chi connectivity index (χ3v) is 3.39. The molecule has 0 radical (unpaired) electrons. The molecule has 1 aromatic rings. The first-order valence-electron chi connectivity index (χ1n) is 6.88. The molecular formula is C15H22N2O2. The molecule has 0 bridgehead atoms. The highest BCUT2D eigenvalue weighted by molar-refractivity contribution is 5.76. The van der Waals surface area contributed by atoms with E-state index in [0.29, 0.717) is 24.8 Å². The van der Waals surface area contributed by atoms with Gasteiger partial charge in [-0.05, 0) is 32.8 Å². The number of phenols is 1. The molecule has 0 heterocycles. The number of hydrogen-bond acceptors (Lipinski definition) is 3. The first kappa shape index (κ1) is 13.9. The lowest BCUT2D eigenvalue weighted by atomic mass is 10.0. The van der Waals surface area contributed by atoms with Crippen molar-refractivity contribution in [1.82, 2.24) is 10.6 Å². The van der Waals surface area contributed by atoms with Gasteiger partial charge in [0.15, 0.2) is 0 Å². The number of hydrogen-bond donors (Lipinski definition) is 3. The maximum absolute atomic E-state index is 11.5. The van der Waals surface area contributed by atoms with Crippen molar-refractivity contribution >= 4 is 5.91 Å². The van der Waals surface area contributed by atoms with Crippen LogP contribution in [0.4, 0.5) is 0 Å². The van der Waals surface area contributed by atoms with E-state index in [9.17, 15) is 9.90 Å². The number of aryl methyl sites for hydroxylation is 1. The first-order chi connectivity index (χ1) is 9.06. The van der Waals surface area contributed by atoms with Gasteiger partial charge >= 0.3 is 0 Å². The smallest absolute Gasteiger partial charge is 0.221 e. The summed E-state index contributed by atoms with van der Waals surface area (Å²) in [5.41, 5.74) is 2.00. The topological polar surface area (TPSA) is 61.4 Å². The summed E-state index contributed by atoms with van der Waals surface area (Å²) in [6.07, 6.45) is 2.72. The fourth-order valence-electron chi connectivity index (χ4n) is 2.06. The van der Waals surface area contributed by atoms with E-state index in [4.69, 9.17) is 0 Å². The Hall–Kier alpha value is -1.55. The number of benzene rings is 1. The molecule has 1 atom stereocenters. The van der Waals surface area contributed by atoms with Gasteiger partial charge in [-0.1, -0.05) is 17.7 Å². The Morgan fingerprint density at radius 2 is 2.21 bits per heavy atom. The van der Waals surface area contributed by atoms with E-state index >= 15 is 0 Å². The van der Waals surface area contributed by atoms with Gasteiger partial charge < -0.3 is 15.7 Å². The zero-order valence-electron chi connectivity index (χ0n) is 11.6. The molecule has 1 unspecified atom stereocenters. The van der Waals surface area contributed by atoms with Crippen LogP contribution in [0.1, 0.15) is 43.4 Å². The molecule has 1 aliphatic carbocycles. The van der Waals surface area contributed by atoms with Crippen molar-refractivity contribution in [2.24, 2.45) is 0 Å². The lowest BCUT2D eigenvalue weighted by Gasteiger charge is -2.16. The summed E-state index contributed by atoms with van der Waals surface area (Å²) < 4.78 is 0. The maximum atomic E-state index is 11.5. The largest absolute Gasteiger partial charge is 0.508 e. The Labute approximate surface area is 114 Å². The van der Waals surface area contributed by atoms with Crippen LogP contribution < -0.4 is 10.6 Å². The van der Waals surface area contributed by atoms with E-state index in [1.54, 1.807) is 6.07 Å². The molecule has 19 heavy (non-hydrogen) atoms. The maximum Gasteiger partial charge on any atom is 0.221 e. The molecule has 1 fully saturated rings. The van der Waals surface area contributed by atoms with Crippen molar-refractivity contribution in [2.45, 2.75) is 45.2 Å². The molecule has 4 nitrogen and oxygen atoms in total. The van der Waals surface area contributed by atoms with Crippen molar-refractivity contribution < 1.29 is 9.90 Å². The summed E-state index contributed by atoms with van der Waals surface area (Å²) in [7, 11) is 0. The highest BCUT2D eigenvalue weighted by Crippen LogP contribution is 2.24. The van der Waals surface area contributed by atoms with Gasteiger partial charge in [0.2, 0.25) is 5.91 Å². The van der Waals surface area contributed by atoms with Gasteiger partial charge in [-0.15, -0.1) is 0 Å². The minimum atomic E-state index is 0.0358. The van der Waals surface area contributed by atoms with Gasteiger partial charge in [0.25, 0.3) is 0 Å². The summed E-state index contributed by atoms with van der Waals surface area (Å²) in [5, 5.41) is 16.1. The van der Waals surface area contributed by atoms with Crippen LogP contribution in [0, 0.1) is 6.92 Å². The second kappa shape index (κ2) is 6.06. The minimum absolute atomic E-state index is 0.0358. The molecule has 0 aliphatic heterocycles. The van der Waals surface area contributed by atoms with Crippen molar-refractivity contribution in [3.8, 4) is 5.75 Å². The van der Waals surface area contributed by atoms with E-state index in [1.807, 2.05) is 26.0 Å². The van der Waals surface area contributed by atoms with Gasteiger partial charge in [-0.25, -0.2) is 0 Å². The average Bonchev–Trinajstić information content (AvgIpc) is 3.16. The van der Waals surface area contributed by atoms with E-state index < -0.39 is 0 Å². The van der Waals surface area contributed by atoms with Crippen molar-refractivity contribution in [2.75, 3.05) is 6.54 Å². The molecule has 0 aromatic heterocycles. The van der Waals surface area contributed by atoms with Crippen LogP contribution in [-0.2, 0) is 4.79 Å². The number of amides is 1. The van der Waals surface area contributed by atoms with Gasteiger partial charge in [-0.2, -0.15) is 0 Å². The van der Waals surface area contributed by atoms with E-state index in [1.165, 1.54) is 0 Å². The SMILES string of the molecule is Cc1ccc(O)c(C(C)NCCC(=O)NC2CC2)c1. The Morgan fingerprint density at radius 3 is 2.89 bits per heavy atom. The second-order valence-electron chi connectivity index (χ2n) is 5.33. The molecular weight excluding hydrogens is 240 g/mol. The monoisotopic (exact) mass is 262 g/mol. The van der Waals surface area contributed by atoms with Crippen LogP contribution in [0.5, 0.6) is 5.75 Å². The third kappa shape index (κ3) is 4.24. The van der Waals surface area contributed by atoms with Gasteiger partial charge in [-0.3, -0.25) is 4.79 Å². The Morgan fingerprint density at radius 1 is 1.47 bits per heavy atom. The Bertz CT molecular complexity index is 455. The molecule has 1 aliphatic rings. The predicted molar refractivity (Wildman–Crippen MR) is 75.0 cm³/mol. The number of phenolic OH excluding ortho intramolecular Hbond substituents is 1. The number of rotatable bonds is 6. The summed E-state index contributed by atoms with van der Waals surface area (Å²) in [5.74, 6) is 0.406. The molecule has 1 amide bonds. The second-order valence-corrected chi connectivity index (χ2v) is 5.33. The first-order valence-corrected chi connectivity index (χ1v) is 6.88. The van der Waals surface area contributed by atoms with Crippen LogP contribution in [0.15, 0.2) is 18.2 Å². The fourth-order valence-corrected chi connectivity index (χ4v) is 2.06. The van der Waals surface area contributed by atoms with Crippen LogP contribution in [0.2, 0.25) is 0 Å². The summed E-state index contributed by atoms with van der Waals surface area (Å²) in [4.78, 5) is 11.5. The predicted octanol–water partition coefficient (Wildman–Crippen LogP) is 2.02. The van der Waals surface area contributed by atoms with Crippen molar-refractivity contribution in [3.05, 3.63) is 29.3 Å². The summed E-state index contributed by atoms with van der Waals surface area (Å²) >= 11 is 0. The molecule has 0 spiro atoms. The van der Waals surface area contributed by atoms with Crippen molar-refractivity contribution in [1.29, 1.82) is 0 Å². The Balaban J connectivity index is 1.78. The number of carbonyl (C=O) groups excluding carboxylic acids is 1. The van der Waals surface area contributed by atoms with Gasteiger partial charge in [0.05, 0.1) is 0 Å². The normalized spacial score (nSPS) is 16.1. The van der Waals surface area contributed by atoms with E-state index in [0.717, 1.165) is 24.0 Å². The molecule has 1 saturated carbocycles. The number of carbonyl (C=O) groups is 1. The zero-order valence-corrected chi connectivity index (χ0v) is 11.6. The molecule has 4 heteroatoms. The van der Waals surface area contributed by atoms with Crippen LogP contribution in [0.25, 0.3) is 0 Å². The highest BCUT2D eigenvalue weighted by Gasteiger charge is 2.22.